The summed E-state index contributed by atoms with van der Waals surface area (Å²) in [6.07, 6.45) is -1.76. The number of nitrogens with zero attached hydrogens (tertiary/aromatic N) is 6. The number of nitriles is 1. The number of Topliss-reactive ketones (excluding diaryl/α,β-unsaturated/α-hetero) is 4. The number of aliphatic carboxylic acids is 2. The molecular weight excluding hydrogens is 1050 g/mol. The van der Waals surface area contributed by atoms with E-state index >= 15 is 0 Å². The fourth-order valence-electron chi connectivity index (χ4n) is 8.99. The Morgan fingerprint density at radius 3 is 2.05 bits per heavy atom. The number of fused-ring (bicyclic) bond motifs is 1. The third-order valence-corrected chi connectivity index (χ3v) is 14.3. The lowest BCUT2D eigenvalue weighted by Gasteiger charge is -2.35. The maximum Gasteiger partial charge on any atom is 0.303 e. The summed E-state index contributed by atoms with van der Waals surface area (Å²) in [5, 5.41) is 35.5. The van der Waals surface area contributed by atoms with Crippen LogP contribution in [0.25, 0.3) is 10.9 Å². The number of ketones is 4. The number of piperazine rings is 1. The zero-order valence-electron chi connectivity index (χ0n) is 43.0. The second-order valence-electron chi connectivity index (χ2n) is 19.2. The zero-order valence-corrected chi connectivity index (χ0v) is 44.8. The monoisotopic (exact) mass is 1120 g/mol. The Hall–Kier alpha value is -6.59. The van der Waals surface area contributed by atoms with E-state index in [1.807, 2.05) is 24.1 Å². The molecule has 77 heavy (non-hydrogen) atoms. The number of hydrogen-bond donors (Lipinski definition) is 7. The molecule has 420 valence electrons. The van der Waals surface area contributed by atoms with Crippen molar-refractivity contribution in [3.05, 3.63) is 36.0 Å². The molecule has 5 amide bonds. The molecule has 22 nitrogen and oxygen atoms in total. The number of aromatic nitrogens is 1. The quantitative estimate of drug-likeness (QED) is 0.0408. The Balaban J connectivity index is 1.21. The van der Waals surface area contributed by atoms with Crippen LogP contribution in [0.1, 0.15) is 94.3 Å². The summed E-state index contributed by atoms with van der Waals surface area (Å²) in [6.45, 7) is 2.99. The normalized spacial score (nSPS) is 16.8. The highest BCUT2D eigenvalue weighted by molar-refractivity contribution is 7.80. The molecule has 2 aliphatic rings. The van der Waals surface area contributed by atoms with E-state index < -0.39 is 134 Å². The molecule has 0 aliphatic carbocycles. The van der Waals surface area contributed by atoms with E-state index in [-0.39, 0.29) is 61.7 Å². The molecule has 5 N–H and O–H groups in total. The molecule has 2 aliphatic heterocycles. The van der Waals surface area contributed by atoms with Crippen LogP contribution in [0.3, 0.4) is 0 Å². The number of likely N-dealkylation sites (tertiary alicyclic amines) is 1. The second-order valence-corrected chi connectivity index (χ2v) is 20.0. The number of halogens is 2. The van der Waals surface area contributed by atoms with Gasteiger partial charge in [-0.05, 0) is 50.1 Å². The van der Waals surface area contributed by atoms with Crippen molar-refractivity contribution >= 4 is 106 Å². The predicted molar refractivity (Wildman–Crippen MR) is 281 cm³/mol. The number of amides is 5. The molecule has 5 atom stereocenters. The van der Waals surface area contributed by atoms with Gasteiger partial charge < -0.3 is 40.9 Å². The Morgan fingerprint density at radius 1 is 0.818 bits per heavy atom. The number of thiol groups is 2. The van der Waals surface area contributed by atoms with Gasteiger partial charge in [0.2, 0.25) is 29.5 Å². The molecular formula is C51H67F2N9O13S2. The maximum atomic E-state index is 13.9. The van der Waals surface area contributed by atoms with Gasteiger partial charge in [-0.2, -0.15) is 30.5 Å². The number of nitrogens with one attached hydrogen (secondary N) is 3. The Kier molecular flexibility index (Phi) is 24.8. The van der Waals surface area contributed by atoms with Crippen molar-refractivity contribution in [2.45, 2.75) is 108 Å². The van der Waals surface area contributed by atoms with Gasteiger partial charge in [-0.3, -0.25) is 62.6 Å². The number of anilines is 1. The zero-order chi connectivity index (χ0) is 57.0. The lowest BCUT2D eigenvalue weighted by atomic mass is 9.96. The number of alkyl halides is 2. The van der Waals surface area contributed by atoms with Gasteiger partial charge in [-0.15, -0.1) is 0 Å². The Bertz CT molecular complexity index is 2560. The smallest absolute Gasteiger partial charge is 0.303 e. The van der Waals surface area contributed by atoms with Gasteiger partial charge in [0.25, 0.3) is 5.92 Å². The lowest BCUT2D eigenvalue weighted by molar-refractivity contribution is -0.139. The highest BCUT2D eigenvalue weighted by Gasteiger charge is 2.47. The van der Waals surface area contributed by atoms with Crippen molar-refractivity contribution in [3.8, 4) is 6.07 Å². The van der Waals surface area contributed by atoms with E-state index in [0.29, 0.717) is 55.7 Å². The average Bonchev–Trinajstić information content (AvgIpc) is 3.73. The first-order valence-electron chi connectivity index (χ1n) is 25.2. The third kappa shape index (κ3) is 20.1. The Labute approximate surface area is 455 Å². The van der Waals surface area contributed by atoms with E-state index in [1.165, 1.54) is 6.20 Å². The first-order valence-corrected chi connectivity index (χ1v) is 26.5. The third-order valence-electron chi connectivity index (χ3n) is 13.4. The number of carboxylic acid groups (broad SMARTS) is 2. The molecule has 4 rings (SSSR count). The van der Waals surface area contributed by atoms with Crippen LogP contribution in [0.2, 0.25) is 0 Å². The summed E-state index contributed by atoms with van der Waals surface area (Å²) >= 11 is 8.31. The fraction of sp³-hybridized carbons (Fsp3) is 0.588. The van der Waals surface area contributed by atoms with Crippen LogP contribution in [0.4, 0.5) is 14.5 Å². The first-order chi connectivity index (χ1) is 36.4. The minimum atomic E-state index is -3.16. The van der Waals surface area contributed by atoms with Crippen LogP contribution in [-0.2, 0) is 47.9 Å². The molecule has 1 aromatic heterocycles. The fourth-order valence-corrected chi connectivity index (χ4v) is 9.58. The molecule has 0 spiro atoms. The number of carboxylic acids is 2. The van der Waals surface area contributed by atoms with Gasteiger partial charge in [0.1, 0.15) is 6.04 Å². The minimum absolute atomic E-state index is 0.126. The van der Waals surface area contributed by atoms with Gasteiger partial charge in [-0.1, -0.05) is 0 Å². The summed E-state index contributed by atoms with van der Waals surface area (Å²) in [5.41, 5.74) is 1.69. The van der Waals surface area contributed by atoms with Crippen LogP contribution in [0.5, 0.6) is 0 Å². The van der Waals surface area contributed by atoms with Crippen LogP contribution < -0.4 is 20.9 Å². The number of carbonyl (C=O) groups excluding carboxylic acids is 9. The van der Waals surface area contributed by atoms with Gasteiger partial charge in [0.05, 0.1) is 48.6 Å². The van der Waals surface area contributed by atoms with Gasteiger partial charge in [-0.25, -0.2) is 8.78 Å². The van der Waals surface area contributed by atoms with Crippen LogP contribution >= 0.6 is 25.3 Å². The first kappa shape index (κ1) is 62.9. The number of benzene rings is 1. The number of carbonyl (C=O) groups is 11. The summed E-state index contributed by atoms with van der Waals surface area (Å²) in [6, 6.07) is 5.08. The van der Waals surface area contributed by atoms with E-state index in [0.717, 1.165) is 23.9 Å². The lowest BCUT2D eigenvalue weighted by Crippen LogP contribution is -2.49. The summed E-state index contributed by atoms with van der Waals surface area (Å²) in [5.74, 6) is -13.2. The van der Waals surface area contributed by atoms with Crippen LogP contribution in [0.15, 0.2) is 30.5 Å². The van der Waals surface area contributed by atoms with E-state index in [1.54, 1.807) is 23.1 Å². The van der Waals surface area contributed by atoms with Crippen molar-refractivity contribution in [2.75, 3.05) is 75.8 Å². The molecule has 2 saturated heterocycles. The average molecular weight is 1120 g/mol. The molecule has 0 radical (unpaired) electrons. The summed E-state index contributed by atoms with van der Waals surface area (Å²) < 4.78 is 27.8. The van der Waals surface area contributed by atoms with Crippen molar-refractivity contribution < 1.29 is 71.7 Å². The van der Waals surface area contributed by atoms with Crippen molar-refractivity contribution in [1.82, 2.24) is 35.6 Å². The van der Waals surface area contributed by atoms with Crippen molar-refractivity contribution in [1.29, 1.82) is 5.26 Å². The van der Waals surface area contributed by atoms with E-state index in [2.05, 4.69) is 51.1 Å². The highest BCUT2D eigenvalue weighted by Crippen LogP contribution is 2.33. The van der Waals surface area contributed by atoms with Gasteiger partial charge >= 0.3 is 11.9 Å². The maximum absolute atomic E-state index is 13.9. The number of pyridine rings is 1. The standard InChI is InChI=1S/C51H67F2N9O13S2/c1-31(63)57-41(7-13-48(72)73)44(67)23-33(29-77)49(74)56-27-36(64)22-32(28-76)50(75)58-40(6-12-47(70)71)43(66)9-10-45(68)61-20-18-60(19-21-61)17-3-16-59(2)34-4-5-39-38(24-34)37(14-15-55-39)42(65)8-11-46(69)62-30-51(52,53)25-35(62)26-54/h4-5,14-15,24,32-33,35,40-41,76-77H,3,6-13,16-23,25,27-30H2,1-2H3,(H,56,74)(H,57,63)(H,58,75)(H,70,71)(H,72,73)/t32-,33-,35-,40-,41-/m0/s1. The topological polar surface area (TPSA) is 314 Å². The molecule has 2 aromatic rings. The molecule has 3 heterocycles. The van der Waals surface area contributed by atoms with Gasteiger partial charge in [0, 0.05) is 139 Å². The predicted octanol–water partition coefficient (Wildman–Crippen LogP) is 2.12. The van der Waals surface area contributed by atoms with E-state index in [9.17, 15) is 71.9 Å². The largest absolute Gasteiger partial charge is 0.481 e. The molecule has 2 fully saturated rings. The van der Waals surface area contributed by atoms with Crippen LogP contribution in [-0.4, -0.2) is 189 Å². The Morgan fingerprint density at radius 2 is 1.44 bits per heavy atom. The van der Waals surface area contributed by atoms with Crippen LogP contribution in [0, 0.1) is 23.2 Å². The van der Waals surface area contributed by atoms with Gasteiger partial charge in [0.15, 0.2) is 23.1 Å². The number of hydrogen-bond acceptors (Lipinski definition) is 17. The molecule has 0 unspecified atom stereocenters. The number of rotatable bonds is 32. The van der Waals surface area contributed by atoms with Crippen molar-refractivity contribution in [3.63, 3.8) is 0 Å². The second kappa shape index (κ2) is 30.4. The minimum Gasteiger partial charge on any atom is -0.481 e. The molecule has 0 saturated carbocycles. The van der Waals surface area contributed by atoms with E-state index in [4.69, 9.17) is 5.11 Å². The highest BCUT2D eigenvalue weighted by atomic mass is 32.1. The SMILES string of the molecule is CC(=O)N[C@@H](CCC(=O)O)C(=O)C[C@@H](CS)C(=O)NCC(=O)C[C@@H](CS)C(=O)N[C@@H](CCC(=O)O)C(=O)CCC(=O)N1CCN(CCCN(C)c2ccc3nccc(C(=O)CCC(=O)N4CC(F)(F)C[C@H]4C#N)c3c2)CC1. The molecule has 0 bridgehead atoms. The molecule has 26 heteroatoms. The van der Waals surface area contributed by atoms with Crippen molar-refractivity contribution in [2.24, 2.45) is 11.8 Å². The summed E-state index contributed by atoms with van der Waals surface area (Å²) in [7, 11) is 1.90. The molecule has 1 aromatic carbocycles. The summed E-state index contributed by atoms with van der Waals surface area (Å²) in [4.78, 5) is 150.